The average Bonchev–Trinajstić information content (AvgIpc) is 2.37. The standard InChI is InChI=1S/C14H20BrNO2S/c1-2-12-13(15)4-3-5-14(12)16-10-11-6-8-19(17,18)9-7-11/h3-5,11,16H,2,6-10H2,1H3. The molecule has 0 spiro atoms. The summed E-state index contributed by atoms with van der Waals surface area (Å²) in [5, 5.41) is 3.48. The summed E-state index contributed by atoms with van der Waals surface area (Å²) in [6.45, 7) is 3.00. The van der Waals surface area contributed by atoms with E-state index in [1.807, 2.05) is 6.07 Å². The first-order valence-electron chi connectivity index (χ1n) is 6.73. The normalized spacial score (nSPS) is 19.3. The number of rotatable bonds is 4. The quantitative estimate of drug-likeness (QED) is 0.910. The summed E-state index contributed by atoms with van der Waals surface area (Å²) in [6, 6.07) is 6.16. The highest BCUT2D eigenvalue weighted by atomic mass is 79.9. The maximum absolute atomic E-state index is 11.4. The number of anilines is 1. The molecule has 1 heterocycles. The van der Waals surface area contributed by atoms with E-state index in [2.05, 4.69) is 40.3 Å². The van der Waals surface area contributed by atoms with Crippen molar-refractivity contribution < 1.29 is 8.42 Å². The number of benzene rings is 1. The van der Waals surface area contributed by atoms with Gasteiger partial charge in [0.05, 0.1) is 11.5 Å². The summed E-state index contributed by atoms with van der Waals surface area (Å²) in [5.41, 5.74) is 2.44. The van der Waals surface area contributed by atoms with Crippen LogP contribution < -0.4 is 5.32 Å². The zero-order valence-corrected chi connectivity index (χ0v) is 13.6. The van der Waals surface area contributed by atoms with Gasteiger partial charge in [0, 0.05) is 16.7 Å². The SMILES string of the molecule is CCc1c(Br)cccc1NCC1CCS(=O)(=O)CC1. The molecule has 1 N–H and O–H groups in total. The van der Waals surface area contributed by atoms with Crippen LogP contribution in [0.25, 0.3) is 0 Å². The molecule has 2 rings (SSSR count). The average molecular weight is 346 g/mol. The molecule has 0 atom stereocenters. The van der Waals surface area contributed by atoms with Crippen LogP contribution in [0.4, 0.5) is 5.69 Å². The molecule has 106 valence electrons. The Labute approximate surface area is 123 Å². The van der Waals surface area contributed by atoms with E-state index in [0.29, 0.717) is 17.4 Å². The van der Waals surface area contributed by atoms with Crippen LogP contribution in [0.2, 0.25) is 0 Å². The molecular formula is C14H20BrNO2S. The van der Waals surface area contributed by atoms with E-state index in [-0.39, 0.29) is 0 Å². The Morgan fingerprint density at radius 2 is 2.00 bits per heavy atom. The third-order valence-corrected chi connectivity index (χ3v) is 6.19. The van der Waals surface area contributed by atoms with Gasteiger partial charge < -0.3 is 5.32 Å². The second-order valence-corrected chi connectivity index (χ2v) is 8.25. The van der Waals surface area contributed by atoms with E-state index in [0.717, 1.165) is 36.0 Å². The van der Waals surface area contributed by atoms with E-state index in [1.54, 1.807) is 0 Å². The van der Waals surface area contributed by atoms with Crippen LogP contribution in [0.15, 0.2) is 22.7 Å². The van der Waals surface area contributed by atoms with Gasteiger partial charge in [-0.2, -0.15) is 0 Å². The maximum Gasteiger partial charge on any atom is 0.150 e. The molecule has 1 aromatic carbocycles. The summed E-state index contributed by atoms with van der Waals surface area (Å²) in [7, 11) is -2.75. The summed E-state index contributed by atoms with van der Waals surface area (Å²) in [4.78, 5) is 0. The van der Waals surface area contributed by atoms with E-state index >= 15 is 0 Å². The molecule has 0 bridgehead atoms. The molecular weight excluding hydrogens is 326 g/mol. The van der Waals surface area contributed by atoms with Gasteiger partial charge >= 0.3 is 0 Å². The number of hydrogen-bond acceptors (Lipinski definition) is 3. The van der Waals surface area contributed by atoms with Crippen molar-refractivity contribution in [3.63, 3.8) is 0 Å². The Morgan fingerprint density at radius 3 is 2.63 bits per heavy atom. The monoisotopic (exact) mass is 345 g/mol. The van der Waals surface area contributed by atoms with Crippen LogP contribution in [0.5, 0.6) is 0 Å². The van der Waals surface area contributed by atoms with Crippen LogP contribution in [0.3, 0.4) is 0 Å². The molecule has 1 aliphatic rings. The Bertz CT molecular complexity index is 528. The zero-order valence-electron chi connectivity index (χ0n) is 11.2. The topological polar surface area (TPSA) is 46.2 Å². The minimum atomic E-state index is -2.75. The van der Waals surface area contributed by atoms with Crippen molar-refractivity contribution in [2.24, 2.45) is 5.92 Å². The molecule has 0 aromatic heterocycles. The van der Waals surface area contributed by atoms with Gasteiger partial charge in [0.15, 0.2) is 0 Å². The Hall–Kier alpha value is -0.550. The van der Waals surface area contributed by atoms with E-state index in [1.165, 1.54) is 5.56 Å². The molecule has 0 saturated carbocycles. The predicted octanol–water partition coefficient (Wildman–Crippen LogP) is 3.25. The van der Waals surface area contributed by atoms with Gasteiger partial charge in [-0.1, -0.05) is 28.9 Å². The van der Waals surface area contributed by atoms with Crippen LogP contribution in [0, 0.1) is 5.92 Å². The molecule has 1 fully saturated rings. The molecule has 0 radical (unpaired) electrons. The first-order chi connectivity index (χ1) is 9.02. The lowest BCUT2D eigenvalue weighted by Crippen LogP contribution is -2.27. The number of nitrogens with one attached hydrogen (secondary N) is 1. The zero-order chi connectivity index (χ0) is 13.9. The lowest BCUT2D eigenvalue weighted by Gasteiger charge is -2.23. The van der Waals surface area contributed by atoms with Crippen molar-refractivity contribution in [2.75, 3.05) is 23.4 Å². The number of sulfone groups is 1. The lowest BCUT2D eigenvalue weighted by molar-refractivity contribution is 0.484. The minimum Gasteiger partial charge on any atom is -0.385 e. The summed E-state index contributed by atoms with van der Waals surface area (Å²) >= 11 is 3.57. The Morgan fingerprint density at radius 1 is 1.32 bits per heavy atom. The molecule has 0 unspecified atom stereocenters. The molecule has 1 saturated heterocycles. The highest BCUT2D eigenvalue weighted by molar-refractivity contribution is 9.10. The predicted molar refractivity (Wildman–Crippen MR) is 83.4 cm³/mol. The highest BCUT2D eigenvalue weighted by Gasteiger charge is 2.23. The molecule has 3 nitrogen and oxygen atoms in total. The summed E-state index contributed by atoms with van der Waals surface area (Å²) in [6.07, 6.45) is 2.54. The number of halogens is 1. The molecule has 0 aliphatic carbocycles. The van der Waals surface area contributed by atoms with Crippen molar-refractivity contribution >= 4 is 31.5 Å². The molecule has 0 amide bonds. The van der Waals surface area contributed by atoms with E-state index in [4.69, 9.17) is 0 Å². The van der Waals surface area contributed by atoms with Gasteiger partial charge in [0.1, 0.15) is 9.84 Å². The molecule has 1 aliphatic heterocycles. The Kier molecular flexibility index (Phi) is 4.90. The second kappa shape index (κ2) is 6.27. The Balaban J connectivity index is 1.95. The highest BCUT2D eigenvalue weighted by Crippen LogP contribution is 2.26. The van der Waals surface area contributed by atoms with Crippen LogP contribution >= 0.6 is 15.9 Å². The van der Waals surface area contributed by atoms with Gasteiger partial charge in [-0.15, -0.1) is 0 Å². The van der Waals surface area contributed by atoms with Crippen molar-refractivity contribution in [3.8, 4) is 0 Å². The van der Waals surface area contributed by atoms with E-state index in [9.17, 15) is 8.42 Å². The summed E-state index contributed by atoms with van der Waals surface area (Å²) < 4.78 is 23.9. The fraction of sp³-hybridized carbons (Fsp3) is 0.571. The number of hydrogen-bond donors (Lipinski definition) is 1. The fourth-order valence-corrected chi connectivity index (χ4v) is 4.72. The lowest BCUT2D eigenvalue weighted by atomic mass is 10.0. The third-order valence-electron chi connectivity index (χ3n) is 3.73. The van der Waals surface area contributed by atoms with Crippen LogP contribution in [-0.2, 0) is 16.3 Å². The molecule has 5 heteroatoms. The molecule has 1 aromatic rings. The first kappa shape index (κ1) is 14.9. The second-order valence-electron chi connectivity index (χ2n) is 5.10. The van der Waals surface area contributed by atoms with Crippen molar-refractivity contribution in [1.29, 1.82) is 0 Å². The van der Waals surface area contributed by atoms with Crippen molar-refractivity contribution in [1.82, 2.24) is 0 Å². The van der Waals surface area contributed by atoms with Gasteiger partial charge in [-0.25, -0.2) is 8.42 Å². The van der Waals surface area contributed by atoms with Gasteiger partial charge in [0.2, 0.25) is 0 Å². The van der Waals surface area contributed by atoms with Crippen molar-refractivity contribution in [2.45, 2.75) is 26.2 Å². The fourth-order valence-electron chi connectivity index (χ4n) is 2.48. The molecule has 19 heavy (non-hydrogen) atoms. The third kappa shape index (κ3) is 3.96. The van der Waals surface area contributed by atoms with Crippen LogP contribution in [-0.4, -0.2) is 26.5 Å². The minimum absolute atomic E-state index is 0.346. The van der Waals surface area contributed by atoms with Crippen LogP contribution in [0.1, 0.15) is 25.3 Å². The largest absolute Gasteiger partial charge is 0.385 e. The van der Waals surface area contributed by atoms with Crippen molar-refractivity contribution in [3.05, 3.63) is 28.2 Å². The smallest absolute Gasteiger partial charge is 0.150 e. The summed E-state index contributed by atoms with van der Waals surface area (Å²) in [5.74, 6) is 1.16. The maximum atomic E-state index is 11.4. The van der Waals surface area contributed by atoms with E-state index < -0.39 is 9.84 Å². The van der Waals surface area contributed by atoms with Gasteiger partial charge in [-0.05, 0) is 42.9 Å². The first-order valence-corrected chi connectivity index (χ1v) is 9.35. The van der Waals surface area contributed by atoms with Gasteiger partial charge in [-0.3, -0.25) is 0 Å². The van der Waals surface area contributed by atoms with Gasteiger partial charge in [0.25, 0.3) is 0 Å².